The van der Waals surface area contributed by atoms with Crippen molar-refractivity contribution < 1.29 is 4.42 Å². The summed E-state index contributed by atoms with van der Waals surface area (Å²) >= 11 is 0. The van der Waals surface area contributed by atoms with E-state index in [9.17, 15) is 4.79 Å². The fraction of sp³-hybridized carbons (Fsp3) is 0.500. The Balaban J connectivity index is 1.39. The molecule has 0 unspecified atom stereocenters. The molecule has 0 aliphatic carbocycles. The van der Waals surface area contributed by atoms with Crippen LogP contribution in [-0.2, 0) is 13.1 Å². The Kier molecular flexibility index (Phi) is 4.65. The molecule has 1 aromatic carbocycles. The number of benzene rings is 1. The van der Waals surface area contributed by atoms with Gasteiger partial charge in [-0.15, -0.1) is 0 Å². The van der Waals surface area contributed by atoms with Crippen molar-refractivity contribution in [2.24, 2.45) is 0 Å². The van der Waals surface area contributed by atoms with Gasteiger partial charge in [0, 0.05) is 19.1 Å². The van der Waals surface area contributed by atoms with Crippen LogP contribution in [0.4, 0.5) is 0 Å². The minimum absolute atomic E-state index is 0.265. The molecule has 0 amide bonds. The Hall–Kier alpha value is -2.41. The Bertz CT molecular complexity index is 867. The van der Waals surface area contributed by atoms with Crippen molar-refractivity contribution >= 4 is 11.1 Å². The standard InChI is InChI=1S/C18H23N5O2/c24-18-23(16-7-1-2-8-17(16)25-18)11-5-10-21-9-4-3-6-15(21)12-22-14-19-13-20-22/h1-2,7-8,13-15H,3-6,9-12H2/t15-/m1/s1. The molecule has 1 aliphatic rings. The number of aryl methyl sites for hydroxylation is 1. The van der Waals surface area contributed by atoms with Gasteiger partial charge in [0.05, 0.1) is 12.1 Å². The lowest BCUT2D eigenvalue weighted by Gasteiger charge is -2.35. The molecule has 7 nitrogen and oxygen atoms in total. The lowest BCUT2D eigenvalue weighted by molar-refractivity contribution is 0.126. The zero-order chi connectivity index (χ0) is 17.1. The van der Waals surface area contributed by atoms with Gasteiger partial charge in [0.1, 0.15) is 12.7 Å². The zero-order valence-corrected chi connectivity index (χ0v) is 14.3. The second kappa shape index (κ2) is 7.23. The number of nitrogens with zero attached hydrogens (tertiary/aromatic N) is 5. The highest BCUT2D eigenvalue weighted by Gasteiger charge is 2.22. The lowest BCUT2D eigenvalue weighted by Crippen LogP contribution is -2.43. The molecule has 0 bridgehead atoms. The highest BCUT2D eigenvalue weighted by molar-refractivity contribution is 5.72. The molecule has 132 valence electrons. The molecule has 0 spiro atoms. The third-order valence-electron chi connectivity index (χ3n) is 5.01. The van der Waals surface area contributed by atoms with E-state index in [2.05, 4.69) is 15.0 Å². The van der Waals surface area contributed by atoms with E-state index >= 15 is 0 Å². The molecule has 7 heteroatoms. The minimum atomic E-state index is -0.265. The van der Waals surface area contributed by atoms with E-state index in [1.54, 1.807) is 17.2 Å². The topological polar surface area (TPSA) is 69.1 Å². The monoisotopic (exact) mass is 341 g/mol. The van der Waals surface area contributed by atoms with Crippen molar-refractivity contribution in [2.45, 2.75) is 44.8 Å². The second-order valence-electron chi connectivity index (χ2n) is 6.64. The maximum Gasteiger partial charge on any atom is 0.419 e. The van der Waals surface area contributed by atoms with Crippen molar-refractivity contribution in [3.63, 3.8) is 0 Å². The van der Waals surface area contributed by atoms with Crippen LogP contribution in [0.2, 0.25) is 0 Å². The van der Waals surface area contributed by atoms with Crippen LogP contribution in [0.3, 0.4) is 0 Å². The first-order valence-corrected chi connectivity index (χ1v) is 8.96. The first-order valence-electron chi connectivity index (χ1n) is 8.96. The van der Waals surface area contributed by atoms with Crippen LogP contribution in [0.15, 0.2) is 46.1 Å². The number of aromatic nitrogens is 4. The number of likely N-dealkylation sites (tertiary alicyclic amines) is 1. The van der Waals surface area contributed by atoms with Crippen molar-refractivity contribution in [1.82, 2.24) is 24.2 Å². The molecule has 0 radical (unpaired) electrons. The first kappa shape index (κ1) is 16.1. The zero-order valence-electron chi connectivity index (χ0n) is 14.3. The van der Waals surface area contributed by atoms with Gasteiger partial charge in [0.2, 0.25) is 0 Å². The smallest absolute Gasteiger partial charge is 0.408 e. The van der Waals surface area contributed by atoms with Crippen molar-refractivity contribution in [2.75, 3.05) is 13.1 Å². The lowest BCUT2D eigenvalue weighted by atomic mass is 10.0. The summed E-state index contributed by atoms with van der Waals surface area (Å²) in [5.74, 6) is -0.265. The molecule has 25 heavy (non-hydrogen) atoms. The summed E-state index contributed by atoms with van der Waals surface area (Å²) in [4.78, 5) is 18.6. The Morgan fingerprint density at radius 1 is 1.20 bits per heavy atom. The molecule has 3 heterocycles. The Labute approximate surface area is 145 Å². The molecule has 2 aromatic heterocycles. The van der Waals surface area contributed by atoms with Gasteiger partial charge in [-0.1, -0.05) is 18.6 Å². The van der Waals surface area contributed by atoms with Gasteiger partial charge in [-0.05, 0) is 37.9 Å². The molecule has 0 saturated carbocycles. The molecule has 1 fully saturated rings. The van der Waals surface area contributed by atoms with E-state index in [4.69, 9.17) is 4.42 Å². The fourth-order valence-corrected chi connectivity index (χ4v) is 3.76. The number of piperidine rings is 1. The average molecular weight is 341 g/mol. The summed E-state index contributed by atoms with van der Waals surface area (Å²) < 4.78 is 8.96. The number of para-hydroxylation sites is 2. The van der Waals surface area contributed by atoms with Crippen molar-refractivity contribution in [3.05, 3.63) is 47.5 Å². The number of hydrogen-bond acceptors (Lipinski definition) is 5. The van der Waals surface area contributed by atoms with E-state index in [1.165, 1.54) is 19.3 Å². The number of rotatable bonds is 6. The molecule has 0 N–H and O–H groups in total. The Morgan fingerprint density at radius 3 is 3.00 bits per heavy atom. The van der Waals surface area contributed by atoms with E-state index in [0.29, 0.717) is 18.2 Å². The SMILES string of the molecule is O=c1oc2ccccc2n1CCCN1CCCC[C@@H]1Cn1cncn1. The molecule has 3 aromatic rings. The summed E-state index contributed by atoms with van der Waals surface area (Å²) in [5, 5.41) is 4.23. The summed E-state index contributed by atoms with van der Waals surface area (Å²) in [6, 6.07) is 8.10. The van der Waals surface area contributed by atoms with Gasteiger partial charge in [-0.2, -0.15) is 5.10 Å². The number of hydrogen-bond donors (Lipinski definition) is 0. The predicted octanol–water partition coefficient (Wildman–Crippen LogP) is 2.13. The Morgan fingerprint density at radius 2 is 2.12 bits per heavy atom. The minimum Gasteiger partial charge on any atom is -0.408 e. The van der Waals surface area contributed by atoms with Gasteiger partial charge in [0.25, 0.3) is 0 Å². The molecule has 1 saturated heterocycles. The van der Waals surface area contributed by atoms with E-state index in [0.717, 1.165) is 31.6 Å². The van der Waals surface area contributed by atoms with E-state index < -0.39 is 0 Å². The quantitative estimate of drug-likeness (QED) is 0.687. The third kappa shape index (κ3) is 3.51. The van der Waals surface area contributed by atoms with Crippen molar-refractivity contribution in [1.29, 1.82) is 0 Å². The number of oxazole rings is 1. The van der Waals surface area contributed by atoms with Gasteiger partial charge in [-0.3, -0.25) is 14.1 Å². The average Bonchev–Trinajstić information content (AvgIpc) is 3.24. The van der Waals surface area contributed by atoms with Crippen LogP contribution in [-0.4, -0.2) is 43.4 Å². The second-order valence-corrected chi connectivity index (χ2v) is 6.64. The maximum absolute atomic E-state index is 12.1. The highest BCUT2D eigenvalue weighted by atomic mass is 16.4. The van der Waals surface area contributed by atoms with Crippen LogP contribution < -0.4 is 5.76 Å². The fourth-order valence-electron chi connectivity index (χ4n) is 3.76. The van der Waals surface area contributed by atoms with Gasteiger partial charge >= 0.3 is 5.76 Å². The summed E-state index contributed by atoms with van der Waals surface area (Å²) in [5.41, 5.74) is 1.54. The van der Waals surface area contributed by atoms with Crippen LogP contribution in [0.1, 0.15) is 25.7 Å². The van der Waals surface area contributed by atoms with Gasteiger partial charge in [0.15, 0.2) is 5.58 Å². The van der Waals surface area contributed by atoms with Crippen LogP contribution >= 0.6 is 0 Å². The van der Waals surface area contributed by atoms with Crippen LogP contribution in [0.25, 0.3) is 11.1 Å². The van der Waals surface area contributed by atoms with Crippen LogP contribution in [0, 0.1) is 0 Å². The maximum atomic E-state index is 12.1. The molecular weight excluding hydrogens is 318 g/mol. The van der Waals surface area contributed by atoms with Crippen molar-refractivity contribution in [3.8, 4) is 0 Å². The molecule has 4 rings (SSSR count). The van der Waals surface area contributed by atoms with E-state index in [1.807, 2.05) is 28.9 Å². The summed E-state index contributed by atoms with van der Waals surface area (Å²) in [6.45, 7) is 3.66. The first-order chi connectivity index (χ1) is 12.3. The summed E-state index contributed by atoms with van der Waals surface area (Å²) in [6.07, 6.45) is 7.99. The van der Waals surface area contributed by atoms with Gasteiger partial charge in [-0.25, -0.2) is 9.78 Å². The third-order valence-corrected chi connectivity index (χ3v) is 5.01. The molecule has 1 aliphatic heterocycles. The molecule has 1 atom stereocenters. The van der Waals surface area contributed by atoms with Gasteiger partial charge < -0.3 is 4.42 Å². The summed E-state index contributed by atoms with van der Waals surface area (Å²) in [7, 11) is 0. The molecular formula is C18H23N5O2. The highest BCUT2D eigenvalue weighted by Crippen LogP contribution is 2.19. The largest absolute Gasteiger partial charge is 0.419 e. The normalized spacial score (nSPS) is 18.8. The van der Waals surface area contributed by atoms with Crippen LogP contribution in [0.5, 0.6) is 0 Å². The van der Waals surface area contributed by atoms with E-state index in [-0.39, 0.29) is 5.76 Å². The predicted molar refractivity (Wildman–Crippen MR) is 94.3 cm³/mol. The number of fused-ring (bicyclic) bond motifs is 1.